The fourth-order valence-electron chi connectivity index (χ4n) is 1.43. The highest BCUT2D eigenvalue weighted by Crippen LogP contribution is 2.33. The van der Waals surface area contributed by atoms with E-state index in [0.29, 0.717) is 6.54 Å². The van der Waals surface area contributed by atoms with Gasteiger partial charge in [-0.3, -0.25) is 0 Å². The van der Waals surface area contributed by atoms with Crippen molar-refractivity contribution >= 4 is 15.9 Å². The molecule has 0 aliphatic carbocycles. The van der Waals surface area contributed by atoms with Gasteiger partial charge in [-0.2, -0.15) is 13.2 Å². The summed E-state index contributed by atoms with van der Waals surface area (Å²) in [6.07, 6.45) is -4.28. The first-order chi connectivity index (χ1) is 7.80. The molecular formula is C12H15BrF3N. The third kappa shape index (κ3) is 4.68. The van der Waals surface area contributed by atoms with E-state index in [-0.39, 0.29) is 11.5 Å². The minimum absolute atomic E-state index is 0.176. The lowest BCUT2D eigenvalue weighted by Crippen LogP contribution is -2.36. The van der Waals surface area contributed by atoms with Crippen molar-refractivity contribution in [2.45, 2.75) is 26.1 Å². The Morgan fingerprint density at radius 1 is 1.18 bits per heavy atom. The number of rotatable bonds is 4. The van der Waals surface area contributed by atoms with Crippen LogP contribution in [-0.4, -0.2) is 12.7 Å². The molecule has 5 heteroatoms. The van der Waals surface area contributed by atoms with Crippen molar-refractivity contribution in [2.24, 2.45) is 5.92 Å². The van der Waals surface area contributed by atoms with Gasteiger partial charge in [0.25, 0.3) is 0 Å². The molecule has 0 aliphatic rings. The van der Waals surface area contributed by atoms with Crippen LogP contribution >= 0.6 is 15.9 Å². The van der Waals surface area contributed by atoms with Crippen molar-refractivity contribution in [3.8, 4) is 0 Å². The molecule has 0 heterocycles. The fraction of sp³-hybridized carbons (Fsp3) is 0.500. The summed E-state index contributed by atoms with van der Waals surface area (Å²) in [4.78, 5) is 0. The molecule has 1 nitrogen and oxygen atoms in total. The molecule has 0 radical (unpaired) electrons. The van der Waals surface area contributed by atoms with Crippen LogP contribution in [0.25, 0.3) is 0 Å². The van der Waals surface area contributed by atoms with Gasteiger partial charge in [0, 0.05) is 4.47 Å². The first-order valence-electron chi connectivity index (χ1n) is 5.36. The molecule has 1 aromatic rings. The zero-order valence-corrected chi connectivity index (χ0v) is 11.3. The van der Waals surface area contributed by atoms with E-state index in [1.54, 1.807) is 12.1 Å². The average Bonchev–Trinajstić information content (AvgIpc) is 2.18. The van der Waals surface area contributed by atoms with Crippen molar-refractivity contribution in [1.82, 2.24) is 5.32 Å². The summed E-state index contributed by atoms with van der Waals surface area (Å²) in [5, 5.41) is 2.55. The van der Waals surface area contributed by atoms with Gasteiger partial charge in [0.1, 0.15) is 6.04 Å². The van der Waals surface area contributed by atoms with Crippen LogP contribution in [-0.2, 0) is 0 Å². The molecule has 0 saturated carbocycles. The van der Waals surface area contributed by atoms with E-state index >= 15 is 0 Å². The first-order valence-corrected chi connectivity index (χ1v) is 6.15. The lowest BCUT2D eigenvalue weighted by Gasteiger charge is -2.23. The van der Waals surface area contributed by atoms with Crippen LogP contribution in [0.4, 0.5) is 13.2 Å². The summed E-state index contributed by atoms with van der Waals surface area (Å²) in [6.45, 7) is 4.09. The van der Waals surface area contributed by atoms with Gasteiger partial charge in [0.05, 0.1) is 0 Å². The Bertz CT molecular complexity index is 346. The van der Waals surface area contributed by atoms with Gasteiger partial charge in [-0.1, -0.05) is 41.9 Å². The molecule has 1 aromatic carbocycles. The molecular weight excluding hydrogens is 295 g/mol. The highest BCUT2D eigenvalue weighted by Gasteiger charge is 2.40. The minimum atomic E-state index is -4.28. The number of halogens is 4. The molecule has 17 heavy (non-hydrogen) atoms. The number of benzene rings is 1. The number of nitrogens with one attached hydrogen (secondary N) is 1. The van der Waals surface area contributed by atoms with Gasteiger partial charge >= 0.3 is 6.18 Å². The van der Waals surface area contributed by atoms with E-state index in [1.165, 1.54) is 12.1 Å². The Morgan fingerprint density at radius 2 is 1.71 bits per heavy atom. The molecule has 1 unspecified atom stereocenters. The maximum absolute atomic E-state index is 12.9. The van der Waals surface area contributed by atoms with Gasteiger partial charge in [0.15, 0.2) is 0 Å². The van der Waals surface area contributed by atoms with Crippen LogP contribution in [0.2, 0.25) is 0 Å². The van der Waals surface area contributed by atoms with E-state index in [0.717, 1.165) is 4.47 Å². The normalized spacial score (nSPS) is 14.1. The summed E-state index contributed by atoms with van der Waals surface area (Å²) in [7, 11) is 0. The Kier molecular flexibility index (Phi) is 5.01. The van der Waals surface area contributed by atoms with E-state index in [1.807, 2.05) is 13.8 Å². The number of hydrogen-bond donors (Lipinski definition) is 1. The predicted molar refractivity (Wildman–Crippen MR) is 65.8 cm³/mol. The van der Waals surface area contributed by atoms with Crippen LogP contribution in [0.3, 0.4) is 0 Å². The molecule has 1 N–H and O–H groups in total. The standard InChI is InChI=1S/C12H15BrF3N/c1-8(2)7-17-11(12(14,15)16)9-3-5-10(13)6-4-9/h3-6,8,11,17H,7H2,1-2H3. The highest BCUT2D eigenvalue weighted by molar-refractivity contribution is 9.10. The monoisotopic (exact) mass is 309 g/mol. The van der Waals surface area contributed by atoms with Crippen molar-refractivity contribution in [3.63, 3.8) is 0 Å². The van der Waals surface area contributed by atoms with Gasteiger partial charge in [0.2, 0.25) is 0 Å². The van der Waals surface area contributed by atoms with Gasteiger partial charge < -0.3 is 5.32 Å². The minimum Gasteiger partial charge on any atom is -0.302 e. The van der Waals surface area contributed by atoms with Crippen LogP contribution in [0, 0.1) is 5.92 Å². The molecule has 0 spiro atoms. The lowest BCUT2D eigenvalue weighted by atomic mass is 10.1. The van der Waals surface area contributed by atoms with Gasteiger partial charge in [-0.05, 0) is 30.2 Å². The van der Waals surface area contributed by atoms with Crippen LogP contribution in [0.5, 0.6) is 0 Å². The zero-order chi connectivity index (χ0) is 13.1. The largest absolute Gasteiger partial charge is 0.407 e. The second-order valence-electron chi connectivity index (χ2n) is 4.33. The van der Waals surface area contributed by atoms with Gasteiger partial charge in [-0.15, -0.1) is 0 Å². The summed E-state index contributed by atoms with van der Waals surface area (Å²) in [5.41, 5.74) is 0.237. The molecule has 96 valence electrons. The van der Waals surface area contributed by atoms with E-state index in [2.05, 4.69) is 21.2 Å². The molecule has 0 fully saturated rings. The third-order valence-corrected chi connectivity index (χ3v) is 2.79. The van der Waals surface area contributed by atoms with Crippen LogP contribution < -0.4 is 5.32 Å². The van der Waals surface area contributed by atoms with Crippen LogP contribution in [0.1, 0.15) is 25.5 Å². The maximum atomic E-state index is 12.9. The summed E-state index contributed by atoms with van der Waals surface area (Å²) in [6, 6.07) is 4.60. The predicted octanol–water partition coefficient (Wildman–Crippen LogP) is 4.30. The van der Waals surface area contributed by atoms with Crippen molar-refractivity contribution in [3.05, 3.63) is 34.3 Å². The summed E-state index contributed by atoms with van der Waals surface area (Å²) >= 11 is 3.21. The van der Waals surface area contributed by atoms with Crippen molar-refractivity contribution in [1.29, 1.82) is 0 Å². The van der Waals surface area contributed by atoms with Crippen molar-refractivity contribution in [2.75, 3.05) is 6.54 Å². The molecule has 0 bridgehead atoms. The Hall–Kier alpha value is -0.550. The average molecular weight is 310 g/mol. The van der Waals surface area contributed by atoms with Crippen molar-refractivity contribution < 1.29 is 13.2 Å². The Morgan fingerprint density at radius 3 is 2.12 bits per heavy atom. The highest BCUT2D eigenvalue weighted by atomic mass is 79.9. The quantitative estimate of drug-likeness (QED) is 0.874. The molecule has 0 saturated heterocycles. The molecule has 1 rings (SSSR count). The molecule has 0 aromatic heterocycles. The third-order valence-electron chi connectivity index (χ3n) is 2.26. The molecule has 0 aliphatic heterocycles. The Balaban J connectivity index is 2.86. The number of alkyl halides is 3. The first kappa shape index (κ1) is 14.5. The zero-order valence-electron chi connectivity index (χ0n) is 9.68. The second-order valence-corrected chi connectivity index (χ2v) is 5.24. The molecule has 0 amide bonds. The fourth-order valence-corrected chi connectivity index (χ4v) is 1.70. The lowest BCUT2D eigenvalue weighted by molar-refractivity contribution is -0.158. The topological polar surface area (TPSA) is 12.0 Å². The van der Waals surface area contributed by atoms with Crippen LogP contribution in [0.15, 0.2) is 28.7 Å². The van der Waals surface area contributed by atoms with E-state index in [4.69, 9.17) is 0 Å². The SMILES string of the molecule is CC(C)CNC(c1ccc(Br)cc1)C(F)(F)F. The number of hydrogen-bond acceptors (Lipinski definition) is 1. The van der Waals surface area contributed by atoms with E-state index in [9.17, 15) is 13.2 Å². The second kappa shape index (κ2) is 5.87. The maximum Gasteiger partial charge on any atom is 0.407 e. The Labute approximate surface area is 108 Å². The summed E-state index contributed by atoms with van der Waals surface area (Å²) < 4.78 is 39.4. The van der Waals surface area contributed by atoms with Gasteiger partial charge in [-0.25, -0.2) is 0 Å². The summed E-state index contributed by atoms with van der Waals surface area (Å²) in [5.74, 6) is 0.176. The van der Waals surface area contributed by atoms with E-state index < -0.39 is 12.2 Å². The molecule has 1 atom stereocenters. The smallest absolute Gasteiger partial charge is 0.302 e.